The maximum absolute atomic E-state index is 12.1. The number of hydrogen-bond donors (Lipinski definition) is 0. The van der Waals surface area contributed by atoms with Crippen LogP contribution in [0.15, 0.2) is 34.8 Å². The van der Waals surface area contributed by atoms with E-state index in [1.807, 2.05) is 0 Å². The minimum absolute atomic E-state index is 0.145. The van der Waals surface area contributed by atoms with E-state index in [4.69, 9.17) is 9.47 Å². The van der Waals surface area contributed by atoms with Gasteiger partial charge in [0.15, 0.2) is 12.4 Å². The monoisotopic (exact) mass is 412 g/mol. The molecule has 0 amide bonds. The van der Waals surface area contributed by atoms with Crippen molar-refractivity contribution in [2.24, 2.45) is 0 Å². The van der Waals surface area contributed by atoms with E-state index < -0.39 is 24.0 Å². The molecule has 1 aromatic rings. The third-order valence-electron chi connectivity index (χ3n) is 2.85. The minimum Gasteiger partial charge on any atom is -0.463 e. The highest BCUT2D eigenvalue weighted by molar-refractivity contribution is 9.10. The summed E-state index contributed by atoms with van der Waals surface area (Å²) in [5.74, 6) is -2.21. The summed E-state index contributed by atoms with van der Waals surface area (Å²) in [6, 6.07) is 4.43. The molecule has 0 bridgehead atoms. The Morgan fingerprint density at radius 3 is 2.44 bits per heavy atom. The molecule has 7 nitrogen and oxygen atoms in total. The van der Waals surface area contributed by atoms with Gasteiger partial charge in [-0.3, -0.25) is 4.79 Å². The Morgan fingerprint density at radius 2 is 1.84 bits per heavy atom. The maximum Gasteiger partial charge on any atom is 0.352 e. The predicted molar refractivity (Wildman–Crippen MR) is 91.1 cm³/mol. The molecule has 0 aromatic heterocycles. The highest BCUT2D eigenvalue weighted by Gasteiger charge is 2.23. The molecule has 1 aromatic carbocycles. The number of esters is 3. The van der Waals surface area contributed by atoms with Gasteiger partial charge in [-0.1, -0.05) is 22.9 Å². The number of carbonyl (C=O) groups excluding carboxylic acids is 4. The van der Waals surface area contributed by atoms with E-state index in [1.54, 1.807) is 19.9 Å². The fourth-order valence-corrected chi connectivity index (χ4v) is 2.00. The second-order valence-electron chi connectivity index (χ2n) is 4.64. The lowest BCUT2D eigenvalue weighted by molar-refractivity contribution is -0.159. The fourth-order valence-electron chi connectivity index (χ4n) is 1.66. The quantitative estimate of drug-likeness (QED) is 0.280. The molecule has 0 fully saturated rings. The van der Waals surface area contributed by atoms with Gasteiger partial charge in [0, 0.05) is 22.2 Å². The van der Waals surface area contributed by atoms with Crippen molar-refractivity contribution in [1.29, 1.82) is 0 Å². The first-order valence-electron chi connectivity index (χ1n) is 7.43. The first kappa shape index (κ1) is 20.6. The Kier molecular flexibility index (Phi) is 8.55. The summed E-state index contributed by atoms with van der Waals surface area (Å²) in [6.07, 6.45) is 1.42. The number of hydrogen-bond acceptors (Lipinski definition) is 7. The summed E-state index contributed by atoms with van der Waals surface area (Å²) >= 11 is 3.19. The number of carbonyl (C=O) groups is 4. The Morgan fingerprint density at radius 1 is 1.16 bits per heavy atom. The van der Waals surface area contributed by atoms with Gasteiger partial charge in [0.2, 0.25) is 0 Å². The lowest BCUT2D eigenvalue weighted by Gasteiger charge is -2.14. The molecule has 0 aliphatic rings. The minimum atomic E-state index is -1.15. The molecule has 0 spiro atoms. The van der Waals surface area contributed by atoms with Gasteiger partial charge in [0.05, 0.1) is 6.61 Å². The number of rotatable bonds is 8. The van der Waals surface area contributed by atoms with Crippen LogP contribution in [-0.4, -0.2) is 36.9 Å². The van der Waals surface area contributed by atoms with Crippen LogP contribution < -0.4 is 4.74 Å². The average molecular weight is 413 g/mol. The normalized spacial score (nSPS) is 11.6. The van der Waals surface area contributed by atoms with Crippen LogP contribution in [0.5, 0.6) is 5.75 Å². The maximum atomic E-state index is 12.1. The second-order valence-corrected chi connectivity index (χ2v) is 5.50. The van der Waals surface area contributed by atoms with E-state index in [-0.39, 0.29) is 18.8 Å². The Hall–Kier alpha value is -2.48. The van der Waals surface area contributed by atoms with Gasteiger partial charge in [-0.2, -0.15) is 0 Å². The number of halogens is 1. The molecule has 1 atom stereocenters. The average Bonchev–Trinajstić information content (AvgIpc) is 2.59. The van der Waals surface area contributed by atoms with Crippen molar-refractivity contribution < 1.29 is 33.4 Å². The molecule has 0 N–H and O–H groups in total. The van der Waals surface area contributed by atoms with Crippen molar-refractivity contribution in [3.63, 3.8) is 0 Å². The van der Waals surface area contributed by atoms with E-state index >= 15 is 0 Å². The van der Waals surface area contributed by atoms with Crippen LogP contribution in [0, 0.1) is 0 Å². The summed E-state index contributed by atoms with van der Waals surface area (Å²) in [6.45, 7) is 3.44. The van der Waals surface area contributed by atoms with Gasteiger partial charge >= 0.3 is 17.9 Å². The van der Waals surface area contributed by atoms with Crippen LogP contribution in [0.3, 0.4) is 0 Å². The van der Waals surface area contributed by atoms with Crippen LogP contribution >= 0.6 is 15.9 Å². The van der Waals surface area contributed by atoms with Gasteiger partial charge in [-0.15, -0.1) is 0 Å². The van der Waals surface area contributed by atoms with Gasteiger partial charge in [0.25, 0.3) is 0 Å². The van der Waals surface area contributed by atoms with E-state index in [1.165, 1.54) is 12.1 Å². The molecule has 1 rings (SSSR count). The van der Waals surface area contributed by atoms with E-state index in [2.05, 4.69) is 20.7 Å². The molecule has 0 heterocycles. The summed E-state index contributed by atoms with van der Waals surface area (Å²) in [5, 5.41) is 0. The second kappa shape index (κ2) is 10.4. The number of aldehydes is 1. The molecule has 0 aliphatic heterocycles. The molecule has 0 radical (unpaired) electrons. The Balaban J connectivity index is 2.69. The van der Waals surface area contributed by atoms with Gasteiger partial charge in [0.1, 0.15) is 5.75 Å². The lowest BCUT2D eigenvalue weighted by Crippen LogP contribution is -2.30. The van der Waals surface area contributed by atoms with Crippen molar-refractivity contribution in [1.82, 2.24) is 0 Å². The Labute approximate surface area is 153 Å². The van der Waals surface area contributed by atoms with Gasteiger partial charge in [-0.25, -0.2) is 14.4 Å². The third kappa shape index (κ3) is 6.88. The summed E-state index contributed by atoms with van der Waals surface area (Å²) in [7, 11) is 0. The molecular weight excluding hydrogens is 396 g/mol. The fraction of sp³-hybridized carbons (Fsp3) is 0.294. The van der Waals surface area contributed by atoms with Crippen molar-refractivity contribution in [3.8, 4) is 5.75 Å². The van der Waals surface area contributed by atoms with Crippen LogP contribution in [0.25, 0.3) is 0 Å². The first-order valence-corrected chi connectivity index (χ1v) is 8.22. The molecular formula is C17H17BrO7. The van der Waals surface area contributed by atoms with E-state index in [0.717, 1.165) is 12.2 Å². The summed E-state index contributed by atoms with van der Waals surface area (Å²) in [4.78, 5) is 45.7. The third-order valence-corrected chi connectivity index (χ3v) is 3.57. The lowest BCUT2D eigenvalue weighted by atomic mass is 10.2. The Bertz CT molecular complexity index is 682. The molecule has 1 unspecified atom stereocenters. The van der Waals surface area contributed by atoms with Crippen LogP contribution in [-0.2, 0) is 23.9 Å². The zero-order chi connectivity index (χ0) is 18.8. The zero-order valence-corrected chi connectivity index (χ0v) is 15.3. The number of benzene rings is 1. The highest BCUT2D eigenvalue weighted by atomic mass is 79.9. The van der Waals surface area contributed by atoms with Crippen molar-refractivity contribution >= 4 is 40.1 Å². The van der Waals surface area contributed by atoms with E-state index in [9.17, 15) is 19.2 Å². The van der Waals surface area contributed by atoms with Crippen LogP contribution in [0.2, 0.25) is 0 Å². The largest absolute Gasteiger partial charge is 0.463 e. The highest BCUT2D eigenvalue weighted by Crippen LogP contribution is 2.22. The summed E-state index contributed by atoms with van der Waals surface area (Å²) < 4.78 is 15.3. The smallest absolute Gasteiger partial charge is 0.352 e. The van der Waals surface area contributed by atoms with E-state index in [0.29, 0.717) is 16.3 Å². The summed E-state index contributed by atoms with van der Waals surface area (Å²) in [5.41, 5.74) is 0.313. The molecule has 0 saturated heterocycles. The molecule has 8 heteroatoms. The van der Waals surface area contributed by atoms with Crippen molar-refractivity contribution in [3.05, 3.63) is 40.4 Å². The standard InChI is InChI=1S/C17H17BrO7/c1-3-14(25-16(21)8-7-15(20)23-4-2)17(22)24-12-5-6-13(18)11(9-12)10-19/h5-10,14H,3-4H2,1-2H3. The van der Waals surface area contributed by atoms with Crippen LogP contribution in [0.4, 0.5) is 0 Å². The molecule has 25 heavy (non-hydrogen) atoms. The van der Waals surface area contributed by atoms with Gasteiger partial charge in [-0.05, 0) is 31.5 Å². The predicted octanol–water partition coefficient (Wildman–Crippen LogP) is 2.61. The number of ether oxygens (including phenoxy) is 3. The molecule has 0 aliphatic carbocycles. The van der Waals surface area contributed by atoms with Crippen LogP contribution in [0.1, 0.15) is 30.6 Å². The SMILES string of the molecule is CCOC(=O)C=CC(=O)OC(CC)C(=O)Oc1ccc(Br)c(C=O)c1. The molecule has 134 valence electrons. The van der Waals surface area contributed by atoms with Crippen molar-refractivity contribution in [2.45, 2.75) is 26.4 Å². The van der Waals surface area contributed by atoms with Crippen molar-refractivity contribution in [2.75, 3.05) is 6.61 Å². The first-order chi connectivity index (χ1) is 11.9. The topological polar surface area (TPSA) is 96.0 Å². The molecule has 0 saturated carbocycles. The zero-order valence-electron chi connectivity index (χ0n) is 13.7. The van der Waals surface area contributed by atoms with Gasteiger partial charge < -0.3 is 14.2 Å².